The Morgan fingerprint density at radius 1 is 0.830 bits per heavy atom. The van der Waals surface area contributed by atoms with Crippen LogP contribution in [-0.4, -0.2) is 48.3 Å². The van der Waals surface area contributed by atoms with Crippen LogP contribution in [0.15, 0.2) is 73.6 Å². The molecule has 0 saturated heterocycles. The van der Waals surface area contributed by atoms with Crippen LogP contribution in [0.1, 0.15) is 37.8 Å². The van der Waals surface area contributed by atoms with E-state index in [4.69, 9.17) is 21.0 Å². The Kier molecular flexibility index (Phi) is 8.79. The molecule has 0 aromatic carbocycles. The fourth-order valence-corrected chi connectivity index (χ4v) is 6.77. The first-order valence-electron chi connectivity index (χ1n) is 17.8. The van der Waals surface area contributed by atoms with Crippen LogP contribution in [0.2, 0.25) is 0 Å². The number of nitriles is 1. The third-order valence-corrected chi connectivity index (χ3v) is 10.1. The molecule has 2 aliphatic carbocycles. The fraction of sp³-hybridized carbons (Fsp3) is 0.275. The van der Waals surface area contributed by atoms with E-state index < -0.39 is 0 Å². The summed E-state index contributed by atoms with van der Waals surface area (Å²) in [6, 6.07) is 13.7. The largest absolute Gasteiger partial charge is 0.383 e. The second-order valence-corrected chi connectivity index (χ2v) is 13.8. The number of fused-ring (bicyclic) bond motifs is 2. The summed E-state index contributed by atoms with van der Waals surface area (Å²) in [4.78, 5) is 52.8. The molecule has 2 fully saturated rings. The highest BCUT2D eigenvalue weighted by molar-refractivity contribution is 6.00. The van der Waals surface area contributed by atoms with Gasteiger partial charge in [0.25, 0.3) is 0 Å². The van der Waals surface area contributed by atoms with Gasteiger partial charge >= 0.3 is 0 Å². The molecule has 0 spiro atoms. The van der Waals surface area contributed by atoms with Crippen molar-refractivity contribution in [1.82, 2.24) is 29.9 Å². The van der Waals surface area contributed by atoms with Gasteiger partial charge < -0.3 is 21.7 Å². The number of hydrogen-bond donors (Lipinski definition) is 4. The van der Waals surface area contributed by atoms with Crippen molar-refractivity contribution in [2.45, 2.75) is 39.5 Å². The number of anilines is 4. The molecule has 0 radical (unpaired) electrons. The van der Waals surface area contributed by atoms with Gasteiger partial charge in [-0.15, -0.1) is 0 Å². The molecule has 2 amide bonds. The first-order valence-corrected chi connectivity index (χ1v) is 17.8. The van der Waals surface area contributed by atoms with Gasteiger partial charge in [-0.25, -0.2) is 19.9 Å². The summed E-state index contributed by atoms with van der Waals surface area (Å²) in [6.45, 7) is 4.71. The van der Waals surface area contributed by atoms with Crippen LogP contribution in [0.25, 0.3) is 44.1 Å². The lowest BCUT2D eigenvalue weighted by Crippen LogP contribution is -2.15. The number of hydrogen-bond acceptors (Lipinski definition) is 11. The summed E-state index contributed by atoms with van der Waals surface area (Å²) in [7, 11) is 0. The lowest BCUT2D eigenvalue weighted by molar-refractivity contribution is -0.118. The minimum absolute atomic E-state index is 0.000439. The van der Waals surface area contributed by atoms with Gasteiger partial charge in [-0.3, -0.25) is 19.6 Å². The van der Waals surface area contributed by atoms with Crippen molar-refractivity contribution in [3.63, 3.8) is 0 Å². The number of pyridine rings is 6. The predicted octanol–water partition coefficient (Wildman–Crippen LogP) is 6.19. The normalized spacial score (nSPS) is 18.7. The standard InChI is InChI=1S/C40H37N11O2/c1-3-22-4-7-43-17-29(22)34-13-25-15-36(50-39(52)27-10-21(27)2)47-20-32(25)38(49-34)45-9-6-23-5-8-44-18-30(23)33-12-24-14-35(46-19-31(24)37(42)48-33)51-40(53)28-11-26(28)16-41/h4-5,7-8,12-15,17-21,26-28H,3,6,9-11H2,1-2H3,(H2,42,48)(H,45,49)(H,46,51,53)(H,47,50,52)/t21-,26-,27+,28+/m0/s1. The van der Waals surface area contributed by atoms with Crippen molar-refractivity contribution in [2.24, 2.45) is 23.7 Å². The Morgan fingerprint density at radius 2 is 1.43 bits per heavy atom. The molecular formula is C40H37N11O2. The molecule has 0 unspecified atom stereocenters. The summed E-state index contributed by atoms with van der Waals surface area (Å²) >= 11 is 0. The van der Waals surface area contributed by atoms with Crippen LogP contribution in [0, 0.1) is 35.0 Å². The highest BCUT2D eigenvalue weighted by Gasteiger charge is 2.43. The Bertz CT molecular complexity index is 2460. The van der Waals surface area contributed by atoms with Crippen molar-refractivity contribution < 1.29 is 9.59 Å². The molecule has 13 nitrogen and oxygen atoms in total. The van der Waals surface area contributed by atoms with E-state index >= 15 is 0 Å². The highest BCUT2D eigenvalue weighted by atomic mass is 16.2. The number of nitrogens with one attached hydrogen (secondary N) is 3. The van der Waals surface area contributed by atoms with Crippen LogP contribution < -0.4 is 21.7 Å². The lowest BCUT2D eigenvalue weighted by atomic mass is 10.0. The molecule has 13 heteroatoms. The van der Waals surface area contributed by atoms with Crippen molar-refractivity contribution in [3.05, 3.63) is 84.7 Å². The zero-order valence-electron chi connectivity index (χ0n) is 29.3. The van der Waals surface area contributed by atoms with Crippen LogP contribution in [0.4, 0.5) is 23.3 Å². The van der Waals surface area contributed by atoms with Gasteiger partial charge in [0.05, 0.1) is 29.3 Å². The monoisotopic (exact) mass is 703 g/mol. The van der Waals surface area contributed by atoms with Gasteiger partial charge in [0.15, 0.2) is 0 Å². The maximum atomic E-state index is 12.7. The number of aromatic nitrogens is 6. The number of carbonyl (C=O) groups excluding carboxylic acids is 2. The van der Waals surface area contributed by atoms with E-state index in [9.17, 15) is 9.59 Å². The molecule has 264 valence electrons. The van der Waals surface area contributed by atoms with Gasteiger partial charge in [-0.05, 0) is 89.9 Å². The minimum Gasteiger partial charge on any atom is -0.383 e. The quantitative estimate of drug-likeness (QED) is 0.120. The smallest absolute Gasteiger partial charge is 0.230 e. The molecule has 6 aromatic rings. The molecule has 2 saturated carbocycles. The van der Waals surface area contributed by atoms with Crippen molar-refractivity contribution in [1.29, 1.82) is 5.26 Å². The van der Waals surface area contributed by atoms with Gasteiger partial charge in [-0.1, -0.05) is 13.8 Å². The van der Waals surface area contributed by atoms with Gasteiger partial charge in [0, 0.05) is 71.5 Å². The third kappa shape index (κ3) is 6.91. The van der Waals surface area contributed by atoms with E-state index in [1.807, 2.05) is 36.5 Å². The molecule has 8 rings (SSSR count). The first-order chi connectivity index (χ1) is 25.8. The van der Waals surface area contributed by atoms with E-state index in [-0.39, 0.29) is 29.6 Å². The fourth-order valence-electron chi connectivity index (χ4n) is 6.77. The minimum atomic E-state index is -0.306. The van der Waals surface area contributed by atoms with Gasteiger partial charge in [0.1, 0.15) is 23.3 Å². The molecule has 0 aliphatic heterocycles. The average molecular weight is 704 g/mol. The zero-order valence-corrected chi connectivity index (χ0v) is 29.3. The van der Waals surface area contributed by atoms with Crippen LogP contribution in [-0.2, 0) is 22.4 Å². The Hall–Kier alpha value is -6.55. The van der Waals surface area contributed by atoms with E-state index in [0.717, 1.165) is 56.9 Å². The number of nitrogens with zero attached hydrogens (tertiary/aromatic N) is 7. The second kappa shape index (κ2) is 13.9. The van der Waals surface area contributed by atoms with E-state index in [1.165, 1.54) is 0 Å². The van der Waals surface area contributed by atoms with Gasteiger partial charge in [0.2, 0.25) is 11.8 Å². The van der Waals surface area contributed by atoms with Crippen molar-refractivity contribution in [3.8, 4) is 28.6 Å². The molecule has 4 atom stereocenters. The number of amides is 2. The summed E-state index contributed by atoms with van der Waals surface area (Å²) in [5, 5.41) is 21.6. The number of nitrogens with two attached hydrogens (primary N) is 1. The SMILES string of the molecule is CCc1ccncc1-c1cc2cc(NC(=O)[C@@H]3C[C@@H]3C)ncc2c(NCCc2ccncc2-c2cc3cc(NC(=O)[C@@H]4C[C@H]4C#N)ncc3c(N)n2)n1. The van der Waals surface area contributed by atoms with Crippen molar-refractivity contribution >= 4 is 56.6 Å². The number of aryl methyl sites for hydroxylation is 1. The number of rotatable bonds is 11. The number of nitrogen functional groups attached to an aromatic ring is 1. The number of carbonyl (C=O) groups is 2. The first kappa shape index (κ1) is 33.6. The molecule has 53 heavy (non-hydrogen) atoms. The molecule has 6 aromatic heterocycles. The second-order valence-electron chi connectivity index (χ2n) is 13.8. The molecular weight excluding hydrogens is 667 g/mol. The summed E-state index contributed by atoms with van der Waals surface area (Å²) in [5.74, 6) is 1.55. The Morgan fingerprint density at radius 3 is 2.08 bits per heavy atom. The molecule has 6 heterocycles. The average Bonchev–Trinajstić information content (AvgIpc) is 4.11. The van der Waals surface area contributed by atoms with E-state index in [2.05, 4.69) is 55.8 Å². The zero-order chi connectivity index (χ0) is 36.6. The van der Waals surface area contributed by atoms with Gasteiger partial charge in [-0.2, -0.15) is 5.26 Å². The summed E-state index contributed by atoms with van der Waals surface area (Å²) in [6.07, 6.45) is 13.4. The maximum absolute atomic E-state index is 12.7. The summed E-state index contributed by atoms with van der Waals surface area (Å²) in [5.41, 5.74) is 11.7. The lowest BCUT2D eigenvalue weighted by Gasteiger charge is -2.15. The van der Waals surface area contributed by atoms with Crippen LogP contribution in [0.3, 0.4) is 0 Å². The topological polar surface area (TPSA) is 197 Å². The van der Waals surface area contributed by atoms with E-state index in [1.54, 1.807) is 37.1 Å². The third-order valence-electron chi connectivity index (χ3n) is 10.1. The molecule has 0 bridgehead atoms. The van der Waals surface area contributed by atoms with Crippen molar-refractivity contribution in [2.75, 3.05) is 28.2 Å². The molecule has 2 aliphatic rings. The predicted molar refractivity (Wildman–Crippen MR) is 203 cm³/mol. The van der Waals surface area contributed by atoms with E-state index in [0.29, 0.717) is 59.7 Å². The molecule has 5 N–H and O–H groups in total. The summed E-state index contributed by atoms with van der Waals surface area (Å²) < 4.78 is 0. The van der Waals surface area contributed by atoms with Crippen LogP contribution in [0.5, 0.6) is 0 Å². The highest BCUT2D eigenvalue weighted by Crippen LogP contribution is 2.40. The maximum Gasteiger partial charge on any atom is 0.230 e. The Balaban J connectivity index is 1.06. The van der Waals surface area contributed by atoms with Crippen LogP contribution >= 0.6 is 0 Å². The Labute approximate surface area is 305 Å².